The zero-order valence-corrected chi connectivity index (χ0v) is 12.7. The number of aryl methyl sites for hydroxylation is 1. The van der Waals surface area contributed by atoms with Gasteiger partial charge < -0.3 is 5.32 Å². The van der Waals surface area contributed by atoms with Crippen molar-refractivity contribution in [2.45, 2.75) is 49.6 Å². The van der Waals surface area contributed by atoms with E-state index in [9.17, 15) is 8.42 Å². The molecule has 20 heavy (non-hydrogen) atoms. The summed E-state index contributed by atoms with van der Waals surface area (Å²) in [5, 5.41) is 3.40. The molecule has 1 saturated carbocycles. The highest BCUT2D eigenvalue weighted by Gasteiger charge is 2.39. The van der Waals surface area contributed by atoms with Crippen LogP contribution in [0.25, 0.3) is 0 Å². The van der Waals surface area contributed by atoms with Crippen LogP contribution in [0.5, 0.6) is 0 Å². The van der Waals surface area contributed by atoms with Gasteiger partial charge in [-0.1, -0.05) is 17.7 Å². The van der Waals surface area contributed by atoms with Crippen LogP contribution in [0, 0.1) is 6.92 Å². The van der Waals surface area contributed by atoms with Crippen molar-refractivity contribution in [1.29, 1.82) is 0 Å². The third-order valence-corrected chi connectivity index (χ3v) is 6.08. The third kappa shape index (κ3) is 2.90. The molecule has 1 unspecified atom stereocenters. The Labute approximate surface area is 121 Å². The standard InChI is InChI=1S/C15H22N2O2S/c1-12-4-8-15(9-5-12)20(18,19)17(14-6-7-14)11-13-3-2-10-16-13/h4-5,8-9,13-14,16H,2-3,6-7,10-11H2,1H3. The van der Waals surface area contributed by atoms with Gasteiger partial charge in [0, 0.05) is 18.6 Å². The largest absolute Gasteiger partial charge is 0.313 e. The quantitative estimate of drug-likeness (QED) is 0.902. The van der Waals surface area contributed by atoms with Gasteiger partial charge in [-0.05, 0) is 51.3 Å². The smallest absolute Gasteiger partial charge is 0.243 e. The fraction of sp³-hybridized carbons (Fsp3) is 0.600. The van der Waals surface area contributed by atoms with Gasteiger partial charge >= 0.3 is 0 Å². The Bertz CT molecular complexity index is 558. The second-order valence-electron chi connectivity index (χ2n) is 5.91. The molecule has 2 fully saturated rings. The first-order valence-corrected chi connectivity index (χ1v) is 8.83. The highest BCUT2D eigenvalue weighted by Crippen LogP contribution is 2.32. The normalized spacial score (nSPS) is 23.4. The number of rotatable bonds is 5. The number of nitrogens with zero attached hydrogens (tertiary/aromatic N) is 1. The molecule has 1 saturated heterocycles. The van der Waals surface area contributed by atoms with Crippen LogP contribution in [0.2, 0.25) is 0 Å². The number of hydrogen-bond donors (Lipinski definition) is 1. The zero-order valence-electron chi connectivity index (χ0n) is 11.9. The lowest BCUT2D eigenvalue weighted by Gasteiger charge is -2.25. The van der Waals surface area contributed by atoms with Gasteiger partial charge in [0.15, 0.2) is 0 Å². The molecule has 1 aromatic rings. The molecule has 4 nitrogen and oxygen atoms in total. The maximum atomic E-state index is 12.8. The number of nitrogens with one attached hydrogen (secondary N) is 1. The first kappa shape index (κ1) is 14.0. The lowest BCUT2D eigenvalue weighted by atomic mass is 10.2. The van der Waals surface area contributed by atoms with Crippen molar-refractivity contribution in [3.05, 3.63) is 29.8 Å². The van der Waals surface area contributed by atoms with E-state index in [4.69, 9.17) is 0 Å². The molecule has 1 aliphatic heterocycles. The van der Waals surface area contributed by atoms with Gasteiger partial charge in [0.25, 0.3) is 0 Å². The monoisotopic (exact) mass is 294 g/mol. The predicted molar refractivity (Wildman–Crippen MR) is 79.1 cm³/mol. The molecule has 2 aliphatic rings. The van der Waals surface area contributed by atoms with Crippen molar-refractivity contribution in [1.82, 2.24) is 9.62 Å². The Hall–Kier alpha value is -0.910. The van der Waals surface area contributed by atoms with Gasteiger partial charge in [0.2, 0.25) is 10.0 Å². The summed E-state index contributed by atoms with van der Waals surface area (Å²) in [4.78, 5) is 0.424. The van der Waals surface area contributed by atoms with Crippen LogP contribution in [0.4, 0.5) is 0 Å². The van der Waals surface area contributed by atoms with Crippen LogP contribution in [-0.4, -0.2) is 37.9 Å². The van der Waals surface area contributed by atoms with E-state index in [0.29, 0.717) is 17.5 Å². The molecule has 1 aliphatic carbocycles. The molecule has 0 aromatic heterocycles. The minimum absolute atomic E-state index is 0.212. The highest BCUT2D eigenvalue weighted by molar-refractivity contribution is 7.89. The predicted octanol–water partition coefficient (Wildman–Crippen LogP) is 1.90. The lowest BCUT2D eigenvalue weighted by molar-refractivity contribution is 0.363. The summed E-state index contributed by atoms with van der Waals surface area (Å²) in [6.07, 6.45) is 4.22. The van der Waals surface area contributed by atoms with E-state index in [1.807, 2.05) is 19.1 Å². The first-order chi connectivity index (χ1) is 9.57. The summed E-state index contributed by atoms with van der Waals surface area (Å²) in [7, 11) is -3.35. The second kappa shape index (κ2) is 5.47. The average Bonchev–Trinajstić information content (AvgIpc) is 3.12. The summed E-state index contributed by atoms with van der Waals surface area (Å²) in [5.41, 5.74) is 1.08. The average molecular weight is 294 g/mol. The van der Waals surface area contributed by atoms with Gasteiger partial charge in [-0.3, -0.25) is 0 Å². The van der Waals surface area contributed by atoms with E-state index in [0.717, 1.165) is 37.8 Å². The lowest BCUT2D eigenvalue weighted by Crippen LogP contribution is -2.42. The zero-order chi connectivity index (χ0) is 14.2. The van der Waals surface area contributed by atoms with Gasteiger partial charge in [-0.2, -0.15) is 4.31 Å². The van der Waals surface area contributed by atoms with E-state index < -0.39 is 10.0 Å². The van der Waals surface area contributed by atoms with Crippen LogP contribution in [0.1, 0.15) is 31.2 Å². The molecule has 0 bridgehead atoms. The summed E-state index contributed by atoms with van der Waals surface area (Å²) >= 11 is 0. The molecule has 1 aromatic carbocycles. The van der Waals surface area contributed by atoms with Crippen LogP contribution < -0.4 is 5.32 Å². The molecular formula is C15H22N2O2S. The molecule has 0 amide bonds. The SMILES string of the molecule is Cc1ccc(S(=O)(=O)N(CC2CCCN2)C2CC2)cc1. The van der Waals surface area contributed by atoms with Crippen molar-refractivity contribution in [2.75, 3.05) is 13.1 Å². The fourth-order valence-electron chi connectivity index (χ4n) is 2.78. The Balaban J connectivity index is 1.83. The van der Waals surface area contributed by atoms with Crippen molar-refractivity contribution < 1.29 is 8.42 Å². The molecule has 5 heteroatoms. The summed E-state index contributed by atoms with van der Waals surface area (Å²) < 4.78 is 27.3. The maximum absolute atomic E-state index is 12.8. The van der Waals surface area contributed by atoms with E-state index in [-0.39, 0.29) is 6.04 Å². The van der Waals surface area contributed by atoms with Crippen LogP contribution in [0.3, 0.4) is 0 Å². The highest BCUT2D eigenvalue weighted by atomic mass is 32.2. The van der Waals surface area contributed by atoms with Crippen LogP contribution >= 0.6 is 0 Å². The van der Waals surface area contributed by atoms with Gasteiger partial charge in [0.1, 0.15) is 0 Å². The Kier molecular flexibility index (Phi) is 3.84. The van der Waals surface area contributed by atoms with Crippen LogP contribution in [0.15, 0.2) is 29.2 Å². The molecule has 0 spiro atoms. The minimum atomic E-state index is -3.35. The molecule has 3 rings (SSSR count). The Morgan fingerprint density at radius 2 is 1.90 bits per heavy atom. The Morgan fingerprint density at radius 1 is 1.20 bits per heavy atom. The Morgan fingerprint density at radius 3 is 2.45 bits per heavy atom. The molecule has 1 heterocycles. The van der Waals surface area contributed by atoms with E-state index >= 15 is 0 Å². The number of hydrogen-bond acceptors (Lipinski definition) is 3. The third-order valence-electron chi connectivity index (χ3n) is 4.14. The van der Waals surface area contributed by atoms with Crippen molar-refractivity contribution in [3.8, 4) is 0 Å². The summed E-state index contributed by atoms with van der Waals surface area (Å²) in [6, 6.07) is 7.71. The van der Waals surface area contributed by atoms with E-state index in [1.165, 1.54) is 0 Å². The maximum Gasteiger partial charge on any atom is 0.243 e. The molecule has 1 atom stereocenters. The van der Waals surface area contributed by atoms with E-state index in [1.54, 1.807) is 16.4 Å². The number of sulfonamides is 1. The van der Waals surface area contributed by atoms with Gasteiger partial charge in [-0.15, -0.1) is 0 Å². The fourth-order valence-corrected chi connectivity index (χ4v) is 4.51. The van der Waals surface area contributed by atoms with Crippen molar-refractivity contribution in [3.63, 3.8) is 0 Å². The first-order valence-electron chi connectivity index (χ1n) is 7.39. The van der Waals surface area contributed by atoms with Gasteiger partial charge in [-0.25, -0.2) is 8.42 Å². The minimum Gasteiger partial charge on any atom is -0.313 e. The van der Waals surface area contributed by atoms with Crippen molar-refractivity contribution in [2.24, 2.45) is 0 Å². The van der Waals surface area contributed by atoms with Crippen molar-refractivity contribution >= 4 is 10.0 Å². The molecule has 110 valence electrons. The summed E-state index contributed by atoms with van der Waals surface area (Å²) in [5.74, 6) is 0. The van der Waals surface area contributed by atoms with Gasteiger partial charge in [0.05, 0.1) is 4.90 Å². The molecular weight excluding hydrogens is 272 g/mol. The molecule has 1 N–H and O–H groups in total. The number of benzene rings is 1. The topological polar surface area (TPSA) is 49.4 Å². The van der Waals surface area contributed by atoms with E-state index in [2.05, 4.69) is 5.32 Å². The van der Waals surface area contributed by atoms with Crippen LogP contribution in [-0.2, 0) is 10.0 Å². The molecule has 0 radical (unpaired) electrons. The second-order valence-corrected chi connectivity index (χ2v) is 7.80. The summed E-state index contributed by atoms with van der Waals surface area (Å²) in [6.45, 7) is 3.59.